The highest BCUT2D eigenvalue weighted by Crippen LogP contribution is 2.23. The Kier molecular flexibility index (Phi) is 4.49. The minimum atomic E-state index is -0.519. The first-order valence-electron chi connectivity index (χ1n) is 6.68. The summed E-state index contributed by atoms with van der Waals surface area (Å²) in [5.41, 5.74) is 1.81. The highest BCUT2D eigenvalue weighted by atomic mass is 19.1. The SMILES string of the molecule is CCNC(Cc1ccn(C)n1)c1cc(C)c(F)cc1F. The molecule has 1 N–H and O–H groups in total. The number of nitrogens with one attached hydrogen (secondary N) is 1. The van der Waals surface area contributed by atoms with Crippen LogP contribution in [0.25, 0.3) is 0 Å². The van der Waals surface area contributed by atoms with E-state index in [-0.39, 0.29) is 6.04 Å². The molecule has 0 amide bonds. The van der Waals surface area contributed by atoms with Gasteiger partial charge in [-0.05, 0) is 31.2 Å². The van der Waals surface area contributed by atoms with Gasteiger partial charge in [0.2, 0.25) is 0 Å². The molecule has 0 aliphatic heterocycles. The van der Waals surface area contributed by atoms with E-state index < -0.39 is 11.6 Å². The molecule has 1 aromatic carbocycles. The first kappa shape index (κ1) is 14.7. The predicted octanol–water partition coefficient (Wildman–Crippen LogP) is 2.90. The minimum absolute atomic E-state index is 0.214. The Balaban J connectivity index is 2.30. The van der Waals surface area contributed by atoms with Gasteiger partial charge in [-0.2, -0.15) is 5.10 Å². The average Bonchev–Trinajstić information content (AvgIpc) is 2.79. The molecule has 0 spiro atoms. The van der Waals surface area contributed by atoms with E-state index in [9.17, 15) is 8.78 Å². The van der Waals surface area contributed by atoms with Crippen LogP contribution >= 0.6 is 0 Å². The standard InChI is InChI=1S/C15H19F2N3/c1-4-18-15(8-11-5-6-20(3)19-11)12-7-10(2)13(16)9-14(12)17/h5-7,9,15,18H,4,8H2,1-3H3. The van der Waals surface area contributed by atoms with Crippen LogP contribution in [-0.2, 0) is 13.5 Å². The third-order valence-electron chi connectivity index (χ3n) is 3.29. The fraction of sp³-hybridized carbons (Fsp3) is 0.400. The van der Waals surface area contributed by atoms with Gasteiger partial charge in [0.15, 0.2) is 0 Å². The average molecular weight is 279 g/mol. The van der Waals surface area contributed by atoms with E-state index in [1.54, 1.807) is 17.7 Å². The lowest BCUT2D eigenvalue weighted by atomic mass is 9.99. The van der Waals surface area contributed by atoms with E-state index in [1.165, 1.54) is 0 Å². The van der Waals surface area contributed by atoms with Gasteiger partial charge in [0.1, 0.15) is 11.6 Å². The molecule has 2 aromatic rings. The molecular weight excluding hydrogens is 260 g/mol. The molecule has 0 saturated heterocycles. The molecular formula is C15H19F2N3. The van der Waals surface area contributed by atoms with E-state index in [0.717, 1.165) is 11.8 Å². The van der Waals surface area contributed by atoms with Gasteiger partial charge in [0.05, 0.1) is 5.69 Å². The monoisotopic (exact) mass is 279 g/mol. The Bertz CT molecular complexity index is 593. The van der Waals surface area contributed by atoms with Crippen LogP contribution in [0.2, 0.25) is 0 Å². The quantitative estimate of drug-likeness (QED) is 0.912. The van der Waals surface area contributed by atoms with Gasteiger partial charge in [0, 0.05) is 37.3 Å². The summed E-state index contributed by atoms with van der Waals surface area (Å²) in [7, 11) is 1.84. The summed E-state index contributed by atoms with van der Waals surface area (Å²) in [6, 6.07) is 4.21. The van der Waals surface area contributed by atoms with E-state index in [0.29, 0.717) is 24.1 Å². The van der Waals surface area contributed by atoms with Gasteiger partial charge in [-0.3, -0.25) is 4.68 Å². The summed E-state index contributed by atoms with van der Waals surface area (Å²) in [5.74, 6) is -1.03. The first-order valence-corrected chi connectivity index (χ1v) is 6.68. The fourth-order valence-corrected chi connectivity index (χ4v) is 2.27. The normalized spacial score (nSPS) is 12.7. The van der Waals surface area contributed by atoms with Crippen LogP contribution in [0.5, 0.6) is 0 Å². The zero-order valence-electron chi connectivity index (χ0n) is 12.0. The number of aromatic nitrogens is 2. The minimum Gasteiger partial charge on any atom is -0.310 e. The second kappa shape index (κ2) is 6.13. The molecule has 0 fully saturated rings. The molecule has 1 unspecified atom stereocenters. The molecule has 108 valence electrons. The number of halogens is 2. The molecule has 1 aromatic heterocycles. The molecule has 0 aliphatic rings. The lowest BCUT2D eigenvalue weighted by Crippen LogP contribution is -2.24. The summed E-state index contributed by atoms with van der Waals surface area (Å²) < 4.78 is 29.1. The third kappa shape index (κ3) is 3.22. The van der Waals surface area contributed by atoms with E-state index >= 15 is 0 Å². The summed E-state index contributed by atoms with van der Waals surface area (Å²) in [5, 5.41) is 7.54. The van der Waals surface area contributed by atoms with Gasteiger partial charge in [0.25, 0.3) is 0 Å². The molecule has 0 radical (unpaired) electrons. The van der Waals surface area contributed by atoms with Crippen molar-refractivity contribution in [2.75, 3.05) is 6.54 Å². The van der Waals surface area contributed by atoms with Crippen molar-refractivity contribution >= 4 is 0 Å². The maximum Gasteiger partial charge on any atom is 0.130 e. The second-order valence-corrected chi connectivity index (χ2v) is 4.92. The molecule has 2 rings (SSSR count). The molecule has 20 heavy (non-hydrogen) atoms. The molecule has 0 aliphatic carbocycles. The fourth-order valence-electron chi connectivity index (χ4n) is 2.27. The van der Waals surface area contributed by atoms with Crippen molar-refractivity contribution in [1.82, 2.24) is 15.1 Å². The molecule has 3 nitrogen and oxygen atoms in total. The number of hydrogen-bond acceptors (Lipinski definition) is 2. The third-order valence-corrected chi connectivity index (χ3v) is 3.29. The Morgan fingerprint density at radius 3 is 2.65 bits per heavy atom. The topological polar surface area (TPSA) is 29.9 Å². The zero-order valence-corrected chi connectivity index (χ0v) is 12.0. The van der Waals surface area contributed by atoms with Crippen LogP contribution < -0.4 is 5.32 Å². The smallest absolute Gasteiger partial charge is 0.130 e. The van der Waals surface area contributed by atoms with E-state index in [4.69, 9.17) is 0 Å². The highest BCUT2D eigenvalue weighted by Gasteiger charge is 2.18. The summed E-state index contributed by atoms with van der Waals surface area (Å²) >= 11 is 0. The Labute approximate surface area is 117 Å². The van der Waals surface area contributed by atoms with E-state index in [2.05, 4.69) is 10.4 Å². The van der Waals surface area contributed by atoms with Crippen molar-refractivity contribution in [3.05, 3.63) is 52.9 Å². The molecule has 0 bridgehead atoms. The summed E-state index contributed by atoms with van der Waals surface area (Å²) in [4.78, 5) is 0. The van der Waals surface area contributed by atoms with Crippen LogP contribution in [-0.4, -0.2) is 16.3 Å². The summed E-state index contributed by atoms with van der Waals surface area (Å²) in [6.45, 7) is 4.30. The maximum atomic E-state index is 14.0. The Hall–Kier alpha value is -1.75. The van der Waals surface area contributed by atoms with E-state index in [1.807, 2.05) is 26.2 Å². The number of aryl methyl sites for hydroxylation is 2. The van der Waals surface area contributed by atoms with Crippen molar-refractivity contribution in [2.24, 2.45) is 7.05 Å². The number of likely N-dealkylation sites (N-methyl/N-ethyl adjacent to an activating group) is 1. The molecule has 1 heterocycles. The van der Waals surface area contributed by atoms with Crippen molar-refractivity contribution in [2.45, 2.75) is 26.3 Å². The molecule has 5 heteroatoms. The van der Waals surface area contributed by atoms with Gasteiger partial charge in [-0.1, -0.05) is 6.92 Å². The van der Waals surface area contributed by atoms with Crippen molar-refractivity contribution in [1.29, 1.82) is 0 Å². The van der Waals surface area contributed by atoms with Crippen molar-refractivity contribution < 1.29 is 8.78 Å². The van der Waals surface area contributed by atoms with Crippen LogP contribution in [0.3, 0.4) is 0 Å². The van der Waals surface area contributed by atoms with Crippen LogP contribution in [0.15, 0.2) is 24.4 Å². The highest BCUT2D eigenvalue weighted by molar-refractivity contribution is 5.29. The summed E-state index contributed by atoms with van der Waals surface area (Å²) in [6.07, 6.45) is 2.42. The largest absolute Gasteiger partial charge is 0.310 e. The van der Waals surface area contributed by atoms with Crippen molar-refractivity contribution in [3.8, 4) is 0 Å². The maximum absolute atomic E-state index is 14.0. The molecule has 1 atom stereocenters. The van der Waals surface area contributed by atoms with Gasteiger partial charge in [-0.15, -0.1) is 0 Å². The first-order chi connectivity index (χ1) is 9.51. The molecule has 0 saturated carbocycles. The number of rotatable bonds is 5. The second-order valence-electron chi connectivity index (χ2n) is 4.92. The number of benzene rings is 1. The predicted molar refractivity (Wildman–Crippen MR) is 74.4 cm³/mol. The van der Waals surface area contributed by atoms with Crippen LogP contribution in [0.4, 0.5) is 8.78 Å². The zero-order chi connectivity index (χ0) is 14.7. The Morgan fingerprint density at radius 1 is 1.30 bits per heavy atom. The van der Waals surface area contributed by atoms with Gasteiger partial charge >= 0.3 is 0 Å². The van der Waals surface area contributed by atoms with Gasteiger partial charge in [-0.25, -0.2) is 8.78 Å². The van der Waals surface area contributed by atoms with Crippen LogP contribution in [0, 0.1) is 18.6 Å². The lowest BCUT2D eigenvalue weighted by molar-refractivity contribution is 0.495. The Morgan fingerprint density at radius 2 is 2.05 bits per heavy atom. The lowest BCUT2D eigenvalue weighted by Gasteiger charge is -2.19. The number of nitrogens with zero attached hydrogens (tertiary/aromatic N) is 2. The van der Waals surface area contributed by atoms with Crippen molar-refractivity contribution in [3.63, 3.8) is 0 Å². The van der Waals surface area contributed by atoms with Crippen LogP contribution in [0.1, 0.15) is 29.8 Å². The van der Waals surface area contributed by atoms with Gasteiger partial charge < -0.3 is 5.32 Å². The number of hydrogen-bond donors (Lipinski definition) is 1.